The molecular weight excluding hydrogens is 240 g/mol. The van der Waals surface area contributed by atoms with Gasteiger partial charge in [0.2, 0.25) is 6.10 Å². The zero-order valence-electron chi connectivity index (χ0n) is 10.8. The molecule has 2 aromatic rings. The molecule has 1 aliphatic heterocycles. The Morgan fingerprint density at radius 2 is 2.11 bits per heavy atom. The van der Waals surface area contributed by atoms with E-state index >= 15 is 0 Å². The fourth-order valence-corrected chi connectivity index (χ4v) is 2.27. The van der Waals surface area contributed by atoms with Crippen molar-refractivity contribution in [3.63, 3.8) is 0 Å². The first-order chi connectivity index (χ1) is 9.15. The summed E-state index contributed by atoms with van der Waals surface area (Å²) < 4.78 is 5.78. The number of hydrogen-bond acceptors (Lipinski definition) is 3. The number of nitrogens with one attached hydrogen (secondary N) is 1. The number of carbonyl (C=O) groups is 1. The molecule has 0 saturated carbocycles. The maximum absolute atomic E-state index is 12.1. The number of benzene rings is 1. The standard InChI is InChI=1S/C15H14N2O2/c1-9-5-6-11(10(2)8-9)13-15(18)17-14-12(19-13)4-3-7-16-14/h3-8,13H,1-2H3,(H,16,17,18). The topological polar surface area (TPSA) is 51.2 Å². The SMILES string of the molecule is Cc1ccc(C2Oc3cccnc3NC2=O)c(C)c1. The molecule has 1 N–H and O–H groups in total. The van der Waals surface area contributed by atoms with E-state index in [0.717, 1.165) is 11.1 Å². The van der Waals surface area contributed by atoms with E-state index in [4.69, 9.17) is 4.74 Å². The van der Waals surface area contributed by atoms with Crippen molar-refractivity contribution in [1.29, 1.82) is 0 Å². The zero-order chi connectivity index (χ0) is 13.4. The first-order valence-corrected chi connectivity index (χ1v) is 6.15. The Labute approximate surface area is 111 Å². The zero-order valence-corrected chi connectivity index (χ0v) is 10.8. The van der Waals surface area contributed by atoms with Gasteiger partial charge in [-0.1, -0.05) is 23.8 Å². The highest BCUT2D eigenvalue weighted by atomic mass is 16.5. The minimum atomic E-state index is -0.614. The van der Waals surface area contributed by atoms with Gasteiger partial charge in [-0.05, 0) is 31.5 Å². The van der Waals surface area contributed by atoms with Crippen molar-refractivity contribution < 1.29 is 9.53 Å². The third-order valence-electron chi connectivity index (χ3n) is 3.20. The summed E-state index contributed by atoms with van der Waals surface area (Å²) in [6, 6.07) is 9.56. The average Bonchev–Trinajstić information content (AvgIpc) is 2.38. The third kappa shape index (κ3) is 2.05. The highest BCUT2D eigenvalue weighted by Crippen LogP contribution is 2.34. The van der Waals surface area contributed by atoms with Gasteiger partial charge in [-0.3, -0.25) is 4.79 Å². The van der Waals surface area contributed by atoms with Crippen molar-refractivity contribution in [2.75, 3.05) is 5.32 Å². The summed E-state index contributed by atoms with van der Waals surface area (Å²) in [5.41, 5.74) is 3.10. The van der Waals surface area contributed by atoms with E-state index in [-0.39, 0.29) is 5.91 Å². The highest BCUT2D eigenvalue weighted by molar-refractivity contribution is 5.97. The number of fused-ring (bicyclic) bond motifs is 1. The van der Waals surface area contributed by atoms with Crippen LogP contribution in [0.1, 0.15) is 22.8 Å². The summed E-state index contributed by atoms with van der Waals surface area (Å²) in [4.78, 5) is 16.2. The first kappa shape index (κ1) is 11.7. The van der Waals surface area contributed by atoms with E-state index in [1.807, 2.05) is 32.0 Å². The molecule has 1 atom stereocenters. The third-order valence-corrected chi connectivity index (χ3v) is 3.20. The second kappa shape index (κ2) is 4.39. The molecule has 1 aliphatic rings. The van der Waals surface area contributed by atoms with Crippen molar-refractivity contribution in [3.8, 4) is 5.75 Å². The van der Waals surface area contributed by atoms with Crippen molar-refractivity contribution in [3.05, 3.63) is 53.2 Å². The van der Waals surface area contributed by atoms with E-state index in [1.54, 1.807) is 18.3 Å². The van der Waals surface area contributed by atoms with Crippen LogP contribution in [0, 0.1) is 13.8 Å². The van der Waals surface area contributed by atoms with Gasteiger partial charge >= 0.3 is 0 Å². The number of nitrogens with zero attached hydrogens (tertiary/aromatic N) is 1. The van der Waals surface area contributed by atoms with Crippen LogP contribution < -0.4 is 10.1 Å². The molecule has 0 bridgehead atoms. The summed E-state index contributed by atoms with van der Waals surface area (Å²) in [5, 5.41) is 2.78. The van der Waals surface area contributed by atoms with Gasteiger partial charge in [-0.2, -0.15) is 0 Å². The van der Waals surface area contributed by atoms with Crippen LogP contribution in [0.2, 0.25) is 0 Å². The normalized spacial score (nSPS) is 17.4. The van der Waals surface area contributed by atoms with Gasteiger partial charge in [0.05, 0.1) is 0 Å². The van der Waals surface area contributed by atoms with E-state index in [2.05, 4.69) is 10.3 Å². The van der Waals surface area contributed by atoms with Crippen LogP contribution in [-0.4, -0.2) is 10.9 Å². The maximum atomic E-state index is 12.1. The van der Waals surface area contributed by atoms with Crippen LogP contribution in [0.25, 0.3) is 0 Å². The molecule has 19 heavy (non-hydrogen) atoms. The van der Waals surface area contributed by atoms with Gasteiger partial charge < -0.3 is 10.1 Å². The Morgan fingerprint density at radius 1 is 1.26 bits per heavy atom. The lowest BCUT2D eigenvalue weighted by atomic mass is 10.00. The Kier molecular flexibility index (Phi) is 2.71. The summed E-state index contributed by atoms with van der Waals surface area (Å²) in [6.45, 7) is 4.01. The number of pyridine rings is 1. The lowest BCUT2D eigenvalue weighted by molar-refractivity contribution is -0.123. The number of aryl methyl sites for hydroxylation is 2. The number of anilines is 1. The van der Waals surface area contributed by atoms with Gasteiger partial charge in [0.15, 0.2) is 11.6 Å². The van der Waals surface area contributed by atoms with Crippen molar-refractivity contribution >= 4 is 11.7 Å². The molecule has 4 heteroatoms. The molecule has 0 aliphatic carbocycles. The van der Waals surface area contributed by atoms with E-state index in [1.165, 1.54) is 5.56 Å². The molecule has 2 heterocycles. The molecular formula is C15H14N2O2. The average molecular weight is 254 g/mol. The first-order valence-electron chi connectivity index (χ1n) is 6.15. The molecule has 1 unspecified atom stereocenters. The predicted molar refractivity (Wildman–Crippen MR) is 72.2 cm³/mol. The van der Waals surface area contributed by atoms with E-state index in [9.17, 15) is 4.79 Å². The Balaban J connectivity index is 2.01. The molecule has 1 aromatic carbocycles. The van der Waals surface area contributed by atoms with Crippen LogP contribution in [0.4, 0.5) is 5.82 Å². The Bertz CT molecular complexity index is 652. The number of rotatable bonds is 1. The molecule has 0 fully saturated rings. The molecule has 0 radical (unpaired) electrons. The van der Waals surface area contributed by atoms with Crippen LogP contribution in [0.3, 0.4) is 0 Å². The second-order valence-corrected chi connectivity index (χ2v) is 4.70. The molecule has 96 valence electrons. The van der Waals surface area contributed by atoms with Crippen molar-refractivity contribution in [2.24, 2.45) is 0 Å². The fraction of sp³-hybridized carbons (Fsp3) is 0.200. The van der Waals surface area contributed by atoms with Gasteiger partial charge in [0.1, 0.15) is 0 Å². The summed E-state index contributed by atoms with van der Waals surface area (Å²) in [6.07, 6.45) is 1.01. The molecule has 0 saturated heterocycles. The van der Waals surface area contributed by atoms with Crippen molar-refractivity contribution in [1.82, 2.24) is 4.98 Å². The van der Waals surface area contributed by atoms with Crippen LogP contribution in [0.5, 0.6) is 5.75 Å². The van der Waals surface area contributed by atoms with Gasteiger partial charge in [-0.25, -0.2) is 4.98 Å². The molecule has 1 aromatic heterocycles. The predicted octanol–water partition coefficient (Wildman–Crippen LogP) is 2.77. The highest BCUT2D eigenvalue weighted by Gasteiger charge is 2.30. The lowest BCUT2D eigenvalue weighted by Crippen LogP contribution is -2.31. The van der Waals surface area contributed by atoms with Gasteiger partial charge in [0.25, 0.3) is 5.91 Å². The Morgan fingerprint density at radius 3 is 2.89 bits per heavy atom. The maximum Gasteiger partial charge on any atom is 0.271 e. The van der Waals surface area contributed by atoms with Gasteiger partial charge in [-0.15, -0.1) is 0 Å². The van der Waals surface area contributed by atoms with Gasteiger partial charge in [0, 0.05) is 11.8 Å². The molecule has 0 spiro atoms. The minimum Gasteiger partial charge on any atom is -0.472 e. The number of ether oxygens (including phenoxy) is 1. The molecule has 1 amide bonds. The Hall–Kier alpha value is -2.36. The largest absolute Gasteiger partial charge is 0.472 e. The second-order valence-electron chi connectivity index (χ2n) is 4.70. The number of amides is 1. The lowest BCUT2D eigenvalue weighted by Gasteiger charge is -2.26. The summed E-state index contributed by atoms with van der Waals surface area (Å²) in [5.74, 6) is 0.902. The number of aromatic nitrogens is 1. The van der Waals surface area contributed by atoms with Crippen LogP contribution in [0.15, 0.2) is 36.5 Å². The summed E-state index contributed by atoms with van der Waals surface area (Å²) >= 11 is 0. The van der Waals surface area contributed by atoms with Crippen molar-refractivity contribution in [2.45, 2.75) is 20.0 Å². The quantitative estimate of drug-likeness (QED) is 0.851. The van der Waals surface area contributed by atoms with E-state index < -0.39 is 6.10 Å². The minimum absolute atomic E-state index is 0.182. The smallest absolute Gasteiger partial charge is 0.271 e. The van der Waals surface area contributed by atoms with Crippen LogP contribution in [-0.2, 0) is 4.79 Å². The van der Waals surface area contributed by atoms with Crippen LogP contribution >= 0.6 is 0 Å². The van der Waals surface area contributed by atoms with E-state index in [0.29, 0.717) is 11.6 Å². The molecule has 3 rings (SSSR count). The fourth-order valence-electron chi connectivity index (χ4n) is 2.27. The monoisotopic (exact) mass is 254 g/mol. The number of hydrogen-bond donors (Lipinski definition) is 1. The molecule has 4 nitrogen and oxygen atoms in total. The number of carbonyl (C=O) groups excluding carboxylic acids is 1. The summed E-state index contributed by atoms with van der Waals surface area (Å²) in [7, 11) is 0.